The van der Waals surface area contributed by atoms with Crippen molar-refractivity contribution in [1.82, 2.24) is 9.55 Å². The van der Waals surface area contributed by atoms with Crippen LogP contribution < -0.4 is 10.1 Å². The van der Waals surface area contributed by atoms with Gasteiger partial charge in [-0.2, -0.15) is 0 Å². The molecule has 7 nitrogen and oxygen atoms in total. The zero-order valence-corrected chi connectivity index (χ0v) is 13.9. The third kappa shape index (κ3) is 3.60. The van der Waals surface area contributed by atoms with Crippen LogP contribution in [0.5, 0.6) is 5.75 Å². The average Bonchev–Trinajstić information content (AvgIpc) is 2.95. The highest BCUT2D eigenvalue weighted by Gasteiger charge is 2.18. The Morgan fingerprint density at radius 3 is 2.64 bits per heavy atom. The van der Waals surface area contributed by atoms with Gasteiger partial charge in [-0.15, -0.1) is 0 Å². The second kappa shape index (κ2) is 7.04. The van der Waals surface area contributed by atoms with E-state index in [9.17, 15) is 4.79 Å². The van der Waals surface area contributed by atoms with Crippen molar-refractivity contribution in [2.45, 2.75) is 13.8 Å². The van der Waals surface area contributed by atoms with Gasteiger partial charge in [0.05, 0.1) is 17.6 Å². The SMILES string of the molecule is CCOC(=O)Nc1nc2ccccc2n1C(=N)Oc1ccc(C)cc1. The number of benzene rings is 2. The van der Waals surface area contributed by atoms with Gasteiger partial charge in [0.15, 0.2) is 0 Å². The predicted molar refractivity (Wildman–Crippen MR) is 95.3 cm³/mol. The predicted octanol–water partition coefficient (Wildman–Crippen LogP) is 3.77. The van der Waals surface area contributed by atoms with Crippen LogP contribution in [0.2, 0.25) is 0 Å². The van der Waals surface area contributed by atoms with Gasteiger partial charge >= 0.3 is 12.1 Å². The number of imidazole rings is 1. The molecule has 25 heavy (non-hydrogen) atoms. The van der Waals surface area contributed by atoms with E-state index in [1.54, 1.807) is 31.2 Å². The van der Waals surface area contributed by atoms with E-state index in [-0.39, 0.29) is 18.6 Å². The molecule has 0 atom stereocenters. The van der Waals surface area contributed by atoms with Crippen LogP contribution in [0.25, 0.3) is 11.0 Å². The molecular formula is C18H18N4O3. The van der Waals surface area contributed by atoms with E-state index in [0.29, 0.717) is 16.8 Å². The van der Waals surface area contributed by atoms with Crippen LogP contribution in [0.1, 0.15) is 12.5 Å². The van der Waals surface area contributed by atoms with Gasteiger partial charge in [-0.25, -0.2) is 14.3 Å². The summed E-state index contributed by atoms with van der Waals surface area (Å²) in [5, 5.41) is 10.9. The number of para-hydroxylation sites is 2. The Labute approximate surface area is 144 Å². The number of aromatic nitrogens is 2. The van der Waals surface area contributed by atoms with Crippen molar-refractivity contribution < 1.29 is 14.3 Å². The monoisotopic (exact) mass is 338 g/mol. The number of rotatable bonds is 3. The molecule has 1 aromatic heterocycles. The number of hydrogen-bond acceptors (Lipinski definition) is 5. The Balaban J connectivity index is 1.96. The number of hydrogen-bond donors (Lipinski definition) is 2. The van der Waals surface area contributed by atoms with Gasteiger partial charge in [0, 0.05) is 0 Å². The second-order valence-electron chi connectivity index (χ2n) is 5.33. The van der Waals surface area contributed by atoms with Gasteiger partial charge in [-0.1, -0.05) is 29.8 Å². The minimum absolute atomic E-state index is 0.164. The van der Waals surface area contributed by atoms with Crippen LogP contribution in [0.3, 0.4) is 0 Å². The van der Waals surface area contributed by atoms with Crippen LogP contribution >= 0.6 is 0 Å². The minimum Gasteiger partial charge on any atom is -0.450 e. The van der Waals surface area contributed by atoms with Crippen molar-refractivity contribution in [3.05, 3.63) is 54.1 Å². The Bertz CT molecular complexity index is 916. The number of amides is 1. The zero-order chi connectivity index (χ0) is 17.8. The molecule has 2 aromatic carbocycles. The maximum atomic E-state index is 11.8. The lowest BCUT2D eigenvalue weighted by Crippen LogP contribution is -2.23. The summed E-state index contributed by atoms with van der Waals surface area (Å²) in [7, 11) is 0. The molecule has 0 saturated heterocycles. The van der Waals surface area contributed by atoms with Crippen molar-refractivity contribution in [1.29, 1.82) is 5.41 Å². The molecule has 0 saturated carbocycles. The molecular weight excluding hydrogens is 320 g/mol. The van der Waals surface area contributed by atoms with E-state index in [1.807, 2.05) is 31.2 Å². The summed E-state index contributed by atoms with van der Waals surface area (Å²) >= 11 is 0. The number of carbonyl (C=O) groups excluding carboxylic acids is 1. The molecule has 0 aliphatic carbocycles. The number of nitrogens with zero attached hydrogens (tertiary/aromatic N) is 2. The maximum absolute atomic E-state index is 11.8. The first kappa shape index (κ1) is 16.5. The molecule has 0 radical (unpaired) electrons. The van der Waals surface area contributed by atoms with E-state index in [2.05, 4.69) is 10.3 Å². The lowest BCUT2D eigenvalue weighted by molar-refractivity contribution is 0.167. The fraction of sp³-hybridized carbons (Fsp3) is 0.167. The van der Waals surface area contributed by atoms with E-state index in [0.717, 1.165) is 5.56 Å². The Kier molecular flexibility index (Phi) is 4.65. The topological polar surface area (TPSA) is 89.2 Å². The second-order valence-corrected chi connectivity index (χ2v) is 5.33. The first-order chi connectivity index (χ1) is 12.1. The lowest BCUT2D eigenvalue weighted by atomic mass is 10.2. The fourth-order valence-corrected chi connectivity index (χ4v) is 2.34. The molecule has 1 heterocycles. The van der Waals surface area contributed by atoms with Gasteiger partial charge in [0.2, 0.25) is 5.95 Å². The lowest BCUT2D eigenvalue weighted by Gasteiger charge is -2.12. The number of ether oxygens (including phenoxy) is 2. The van der Waals surface area contributed by atoms with Crippen molar-refractivity contribution in [2.24, 2.45) is 0 Å². The molecule has 3 aromatic rings. The summed E-state index contributed by atoms with van der Waals surface area (Å²) in [5.41, 5.74) is 2.37. The summed E-state index contributed by atoms with van der Waals surface area (Å²) in [4.78, 5) is 16.1. The summed E-state index contributed by atoms with van der Waals surface area (Å²) in [6.07, 6.45) is -0.637. The Morgan fingerprint density at radius 1 is 1.20 bits per heavy atom. The van der Waals surface area contributed by atoms with Crippen LogP contribution in [-0.4, -0.2) is 28.3 Å². The van der Waals surface area contributed by atoms with E-state index >= 15 is 0 Å². The molecule has 0 bridgehead atoms. The first-order valence-electron chi connectivity index (χ1n) is 7.83. The van der Waals surface area contributed by atoms with Crippen LogP contribution in [0.4, 0.5) is 10.7 Å². The van der Waals surface area contributed by atoms with Crippen LogP contribution in [0.15, 0.2) is 48.5 Å². The van der Waals surface area contributed by atoms with Crippen molar-refractivity contribution in [3.8, 4) is 5.75 Å². The summed E-state index contributed by atoms with van der Waals surface area (Å²) < 4.78 is 11.9. The van der Waals surface area contributed by atoms with Crippen molar-refractivity contribution in [3.63, 3.8) is 0 Å². The van der Waals surface area contributed by atoms with E-state index in [1.165, 1.54) is 4.57 Å². The molecule has 1 amide bonds. The molecule has 2 N–H and O–H groups in total. The smallest absolute Gasteiger partial charge is 0.413 e. The highest BCUT2D eigenvalue weighted by atomic mass is 16.5. The van der Waals surface area contributed by atoms with E-state index in [4.69, 9.17) is 14.9 Å². The minimum atomic E-state index is -0.637. The molecule has 0 aliphatic rings. The van der Waals surface area contributed by atoms with Gasteiger partial charge in [0.25, 0.3) is 0 Å². The summed E-state index contributed by atoms with van der Waals surface area (Å²) in [6, 6.07) is 14.4. The number of carbonyl (C=O) groups is 1. The Hall–Kier alpha value is -3.35. The normalized spacial score (nSPS) is 10.5. The average molecular weight is 338 g/mol. The molecule has 7 heteroatoms. The molecule has 0 aliphatic heterocycles. The summed E-state index contributed by atoms with van der Waals surface area (Å²) in [5.74, 6) is 0.687. The quantitative estimate of drug-likeness (QED) is 0.562. The molecule has 0 fully saturated rings. The van der Waals surface area contributed by atoms with Crippen LogP contribution in [0, 0.1) is 12.3 Å². The largest absolute Gasteiger partial charge is 0.450 e. The van der Waals surface area contributed by atoms with Gasteiger partial charge in [-0.3, -0.25) is 10.7 Å². The molecule has 0 unspecified atom stereocenters. The molecule has 128 valence electrons. The van der Waals surface area contributed by atoms with Crippen molar-refractivity contribution >= 4 is 29.1 Å². The number of anilines is 1. The van der Waals surface area contributed by atoms with Crippen molar-refractivity contribution in [2.75, 3.05) is 11.9 Å². The number of nitrogens with one attached hydrogen (secondary N) is 2. The standard InChI is InChI=1S/C18H18N4O3/c1-3-24-18(23)21-17-20-14-6-4-5-7-15(14)22(17)16(19)25-13-10-8-12(2)9-11-13/h4-11,19H,3H2,1-2H3,(H,20,21,23). The first-order valence-corrected chi connectivity index (χ1v) is 7.83. The maximum Gasteiger partial charge on any atom is 0.413 e. The highest BCUT2D eigenvalue weighted by Crippen LogP contribution is 2.21. The third-order valence-corrected chi connectivity index (χ3v) is 3.49. The molecule has 0 spiro atoms. The van der Waals surface area contributed by atoms with Gasteiger partial charge in [0.1, 0.15) is 5.75 Å². The zero-order valence-electron chi connectivity index (χ0n) is 13.9. The Morgan fingerprint density at radius 2 is 1.92 bits per heavy atom. The fourth-order valence-electron chi connectivity index (χ4n) is 2.34. The van der Waals surface area contributed by atoms with Crippen LogP contribution in [-0.2, 0) is 4.74 Å². The summed E-state index contributed by atoms with van der Waals surface area (Å²) in [6.45, 7) is 3.92. The number of aryl methyl sites for hydroxylation is 1. The van der Waals surface area contributed by atoms with Gasteiger partial charge < -0.3 is 9.47 Å². The number of fused-ring (bicyclic) bond motifs is 1. The van der Waals surface area contributed by atoms with E-state index < -0.39 is 6.09 Å². The molecule has 3 rings (SSSR count). The highest BCUT2D eigenvalue weighted by molar-refractivity contribution is 5.95. The van der Waals surface area contributed by atoms with Gasteiger partial charge in [-0.05, 0) is 38.1 Å². The third-order valence-electron chi connectivity index (χ3n) is 3.49.